The van der Waals surface area contributed by atoms with E-state index in [9.17, 15) is 47.9 Å². The highest BCUT2D eigenvalue weighted by Gasteiger charge is 2.75. The van der Waals surface area contributed by atoms with E-state index >= 15 is 0 Å². The van der Waals surface area contributed by atoms with E-state index in [1.54, 1.807) is 13.8 Å². The Hall–Kier alpha value is -5.54. The minimum atomic E-state index is -1.31. The molecular weight excluding hydrogens is 1600 g/mol. The van der Waals surface area contributed by atoms with E-state index in [0.29, 0.717) is 49.4 Å². The Morgan fingerprint density at radius 2 is 0.569 bits per heavy atom. The minimum absolute atomic E-state index is 0. The maximum absolute atomic E-state index is 14.8. The van der Waals surface area contributed by atoms with Crippen molar-refractivity contribution in [2.75, 3.05) is 13.1 Å². The summed E-state index contributed by atoms with van der Waals surface area (Å²) in [6.07, 6.45) is 2.64. The molecule has 4 spiro atoms. The van der Waals surface area contributed by atoms with Crippen LogP contribution in [0.3, 0.4) is 0 Å². The maximum atomic E-state index is 14.8. The van der Waals surface area contributed by atoms with Gasteiger partial charge in [0.15, 0.2) is 59.1 Å². The van der Waals surface area contributed by atoms with Crippen LogP contribution in [0.5, 0.6) is 0 Å². The molecule has 34 nitrogen and oxygen atoms in total. The fourth-order valence-corrected chi connectivity index (χ4v) is 24.8. The van der Waals surface area contributed by atoms with E-state index in [1.807, 2.05) is 41.5 Å². The molecule has 4 N–H and O–H groups in total. The van der Waals surface area contributed by atoms with Crippen LogP contribution in [-0.4, -0.2) is 180 Å². The zero-order valence-electron chi connectivity index (χ0n) is 73.6. The first-order valence-corrected chi connectivity index (χ1v) is 46.4. The van der Waals surface area contributed by atoms with E-state index in [-0.39, 0.29) is 151 Å². The van der Waals surface area contributed by atoms with Gasteiger partial charge in [0, 0.05) is 115 Å². The van der Waals surface area contributed by atoms with Gasteiger partial charge in [-0.15, -0.1) is 0 Å². The van der Waals surface area contributed by atoms with Gasteiger partial charge in [-0.2, -0.15) is 0 Å². The molecule has 4 aliphatic carbocycles. The number of unbranched alkanes of at least 4 members (excludes halogenated alkanes) is 2. The average Bonchev–Trinajstić information content (AvgIpc) is 1.69. The number of Topliss-reactive ketones (excluding diaryl/α,β-unsaturated/α-hetero) is 2. The number of amides is 4. The molecule has 0 aromatic rings. The molecule has 20 fully saturated rings. The number of ketones is 2. The molecular formula is C89H136N4O30. The van der Waals surface area contributed by atoms with Crippen LogP contribution in [0.1, 0.15) is 285 Å². The third-order valence-corrected chi connectivity index (χ3v) is 31.9. The highest BCUT2D eigenvalue weighted by atomic mass is 17.3. The van der Waals surface area contributed by atoms with Gasteiger partial charge in [0.25, 0.3) is 0 Å². The van der Waals surface area contributed by atoms with Gasteiger partial charge >= 0.3 is 23.9 Å². The van der Waals surface area contributed by atoms with Crippen molar-refractivity contribution in [1.29, 1.82) is 0 Å². The molecule has 34 heteroatoms. The average molecular weight is 1740 g/mol. The Bertz CT molecular complexity index is 3710. The van der Waals surface area contributed by atoms with Crippen LogP contribution < -0.4 is 21.3 Å². The number of hydrogen-bond donors (Lipinski definition) is 4. The van der Waals surface area contributed by atoms with Gasteiger partial charge in [-0.1, -0.05) is 55.4 Å². The molecule has 0 aromatic heterocycles. The first-order valence-electron chi connectivity index (χ1n) is 46.4. The van der Waals surface area contributed by atoms with E-state index in [2.05, 4.69) is 49.0 Å². The maximum Gasteiger partial charge on any atom is 0.308 e. The lowest BCUT2D eigenvalue weighted by Gasteiger charge is -2.59. The van der Waals surface area contributed by atoms with Gasteiger partial charge in [0.2, 0.25) is 71.9 Å². The number of rotatable bonds is 32. The van der Waals surface area contributed by atoms with Gasteiger partial charge in [-0.3, -0.25) is 47.9 Å². The number of hydrogen-bond acceptors (Lipinski definition) is 30. The lowest BCUT2D eigenvalue weighted by molar-refractivity contribution is -0.576. The molecule has 8 bridgehead atoms. The SMILES string of the molecule is C[C@H]1[C@H](OC(=O)CCC(=O)NCCCCC(NC(=O)CCC(=O)O[C@@H]2O[C@@H]3O[C@@]4(C)CC[C@H]5[C@H](C)CC[C@@H]([C@H]2C)[C@@]35OO4)C(=O)CC(=O)C(CCCCNC(=O)CCC(=O)O[C@@H]2O[C@@H]3O[C@]4(C)CC[C@H]5[C@H](C)CC[C@@H]([C@H]2C)[C@@]35OO4)NC(=O)CCC(=O)O[C@@H]2O[C@@H]3O[C@]4(C)CC[C@H]5[C@H](C)CC[C@@H]([C@H]2C)[C@@]35OO4)O[C@@H]2O[C@@]3(C)CC[C@H]4[C@H](C)CC[C@@H]1[C@@]24OO3.[HH].[HH]. The van der Waals surface area contributed by atoms with E-state index < -0.39 is 199 Å². The van der Waals surface area contributed by atoms with Crippen LogP contribution in [0, 0.1) is 94.7 Å². The van der Waals surface area contributed by atoms with Crippen LogP contribution >= 0.6 is 0 Å². The predicted octanol–water partition coefficient (Wildman–Crippen LogP) is 10.7. The Balaban J connectivity index is 0.00000635. The molecule has 4 saturated carbocycles. The second-order valence-electron chi connectivity index (χ2n) is 40.1. The first kappa shape index (κ1) is 90.8. The number of esters is 4. The van der Waals surface area contributed by atoms with Gasteiger partial charge in [0.1, 0.15) is 0 Å². The molecule has 16 aliphatic heterocycles. The molecule has 16 heterocycles. The summed E-state index contributed by atoms with van der Waals surface area (Å²) in [5, 5.41) is 11.2. The monoisotopic (exact) mass is 1740 g/mol. The largest absolute Gasteiger partial charge is 0.435 e. The predicted molar refractivity (Wildman–Crippen MR) is 425 cm³/mol. The van der Waals surface area contributed by atoms with E-state index in [4.69, 9.17) is 95.9 Å². The number of fused-ring (bicyclic) bond motifs is 8. The van der Waals surface area contributed by atoms with Crippen LogP contribution in [0.4, 0.5) is 0 Å². The third-order valence-electron chi connectivity index (χ3n) is 31.9. The van der Waals surface area contributed by atoms with Crippen molar-refractivity contribution >= 4 is 59.1 Å². The van der Waals surface area contributed by atoms with Crippen molar-refractivity contribution in [2.45, 2.75) is 390 Å². The Morgan fingerprint density at radius 3 is 0.829 bits per heavy atom. The summed E-state index contributed by atoms with van der Waals surface area (Å²) in [6, 6.07) is -2.63. The van der Waals surface area contributed by atoms with Crippen molar-refractivity contribution in [3.05, 3.63) is 0 Å². The lowest BCUT2D eigenvalue weighted by atomic mass is 9.58. The molecule has 4 amide bonds. The molecule has 123 heavy (non-hydrogen) atoms. The first-order chi connectivity index (χ1) is 58.6. The normalized spacial score (nSPS) is 44.8. The van der Waals surface area contributed by atoms with E-state index in [1.165, 1.54) is 0 Å². The summed E-state index contributed by atoms with van der Waals surface area (Å²) < 4.78 is 75.5. The summed E-state index contributed by atoms with van der Waals surface area (Å²) in [5.41, 5.74) is -3.54. The van der Waals surface area contributed by atoms with Crippen molar-refractivity contribution in [3.8, 4) is 0 Å². The number of ether oxygens (including phenoxy) is 12. The minimum Gasteiger partial charge on any atom is -0.435 e. The van der Waals surface area contributed by atoms with Crippen LogP contribution in [0.2, 0.25) is 0 Å². The second kappa shape index (κ2) is 36.1. The molecule has 2 unspecified atom stereocenters. The Morgan fingerprint density at radius 1 is 0.317 bits per heavy atom. The summed E-state index contributed by atoms with van der Waals surface area (Å²) in [4.78, 5) is 188. The lowest BCUT2D eigenvalue weighted by Crippen LogP contribution is -2.70. The van der Waals surface area contributed by atoms with Crippen molar-refractivity contribution in [2.24, 2.45) is 94.7 Å². The molecule has 20 aliphatic rings. The zero-order chi connectivity index (χ0) is 87.1. The highest BCUT2D eigenvalue weighted by Crippen LogP contribution is 2.66. The van der Waals surface area contributed by atoms with Gasteiger partial charge in [0.05, 0.1) is 44.2 Å². The molecule has 16 saturated heterocycles. The Labute approximate surface area is 722 Å². The summed E-state index contributed by atoms with van der Waals surface area (Å²) in [5.74, 6) is -10.8. The fourth-order valence-electron chi connectivity index (χ4n) is 24.8. The zero-order valence-corrected chi connectivity index (χ0v) is 73.6. The van der Waals surface area contributed by atoms with Crippen LogP contribution in [0.15, 0.2) is 0 Å². The van der Waals surface area contributed by atoms with Gasteiger partial charge < -0.3 is 78.1 Å². The molecule has 20 rings (SSSR count). The Kier molecular flexibility index (Phi) is 26.6. The fraction of sp³-hybridized carbons (Fsp3) is 0.888. The third kappa shape index (κ3) is 17.6. The quantitative estimate of drug-likeness (QED) is 0.0160. The molecule has 692 valence electrons. The van der Waals surface area contributed by atoms with E-state index in [0.717, 1.165) is 77.0 Å². The summed E-state index contributed by atoms with van der Waals surface area (Å²) >= 11 is 0. The summed E-state index contributed by atoms with van der Waals surface area (Å²) in [6.45, 7) is 24.0. The molecule has 0 aromatic carbocycles. The number of carbonyl (C=O) groups is 10. The molecule has 34 atom stereocenters. The number of carbonyl (C=O) groups excluding carboxylic acids is 10. The highest BCUT2D eigenvalue weighted by molar-refractivity contribution is 6.05. The van der Waals surface area contributed by atoms with Gasteiger partial charge in [-0.25, -0.2) is 39.1 Å². The summed E-state index contributed by atoms with van der Waals surface area (Å²) in [7, 11) is 0. The second-order valence-corrected chi connectivity index (χ2v) is 40.1. The topological polar surface area (TPSA) is 403 Å². The van der Waals surface area contributed by atoms with Crippen LogP contribution in [-0.2, 0) is 144 Å². The van der Waals surface area contributed by atoms with Gasteiger partial charge in [-0.05, 0) is 191 Å². The number of nitrogens with one attached hydrogen (secondary N) is 4. The van der Waals surface area contributed by atoms with Crippen LogP contribution in [0.25, 0.3) is 0 Å². The van der Waals surface area contributed by atoms with Crippen molar-refractivity contribution in [3.63, 3.8) is 0 Å². The molecule has 0 radical (unpaired) electrons. The standard InChI is InChI=1S/C89H132N4O30.2H2/c1-46-19-23-58-50(5)74(108-78-86(58)54(46)35-39-82(9,112-78)116-120-86)104-70(100)31-27-66(96)90-43-15-13-17-62(92-68(98)29-33-72(102)106-76-52(7)60-25-21-48(3)56-37-41-84(11)114-80(110-76)88(56,60)122-118-84)64(94)45-65(95)63(93-69(99)30-34-73(103)107-77-53(8)61-26-22-49(4)57-38-42-85(12)115-81(111-77)89(57,61)123-119-85)18-14-16-44-91-67(97)28-32-71(101)105-75-51(6)59-24-20-47(2)55-36-40-83(10)113-79(109-75)87(55,59)121-117-83;;/h46-63,74-81H,13-45H2,1-12H3,(H,90,96)(H,91,97)(H,92,98)(H,93,99);2*1H/t46-,47-,48-,49-,50-,51-,52-,53-,54+,55+,56+,57+,58+,59+,60+,61+,62?,63?,74-,75-,76-,77-,78-,79-,80-,81-,82-,83+,84-,85+,86-,87-,88-,89-;;/m1../s1. The van der Waals surface area contributed by atoms with Crippen molar-refractivity contribution in [1.82, 2.24) is 21.3 Å². The van der Waals surface area contributed by atoms with Crippen molar-refractivity contribution < 1.29 is 147 Å². The smallest absolute Gasteiger partial charge is 0.308 e.